The standard InChI is InChI=1S/C34H39N3O2/c1-33(36,22-26-11-4-2-5-12-26)25-39-23-27-19-29(21-30(20-27)34(24-35)16-8-9-17-34)32(38)37-18-10-15-31(37)28-13-6-3-7-14-28/h2-7,11-14,19-21,31H,8-10,15-18,22-23,25,36H2,1H3. The molecule has 2 unspecified atom stereocenters. The molecule has 2 N–H and O–H groups in total. The van der Waals surface area contributed by atoms with Crippen LogP contribution >= 0.6 is 0 Å². The van der Waals surface area contributed by atoms with Gasteiger partial charge >= 0.3 is 0 Å². The molecule has 0 bridgehead atoms. The van der Waals surface area contributed by atoms with E-state index in [0.717, 1.165) is 56.2 Å². The van der Waals surface area contributed by atoms with E-state index < -0.39 is 11.0 Å². The Balaban J connectivity index is 1.38. The van der Waals surface area contributed by atoms with Crippen molar-refractivity contribution in [3.8, 4) is 6.07 Å². The van der Waals surface area contributed by atoms with Gasteiger partial charge in [-0.3, -0.25) is 4.79 Å². The molecule has 2 fully saturated rings. The largest absolute Gasteiger partial charge is 0.375 e. The lowest BCUT2D eigenvalue weighted by Gasteiger charge is -2.28. The highest BCUT2D eigenvalue weighted by Crippen LogP contribution is 2.42. The van der Waals surface area contributed by atoms with Gasteiger partial charge in [-0.25, -0.2) is 0 Å². The highest BCUT2D eigenvalue weighted by Gasteiger charge is 2.37. The minimum Gasteiger partial charge on any atom is -0.375 e. The van der Waals surface area contributed by atoms with Gasteiger partial charge in [0, 0.05) is 17.6 Å². The molecule has 1 saturated heterocycles. The molecule has 1 heterocycles. The summed E-state index contributed by atoms with van der Waals surface area (Å²) in [6.07, 6.45) is 6.38. The van der Waals surface area contributed by atoms with Gasteiger partial charge in [0.15, 0.2) is 0 Å². The van der Waals surface area contributed by atoms with E-state index in [9.17, 15) is 10.1 Å². The van der Waals surface area contributed by atoms with Crippen LogP contribution in [0.3, 0.4) is 0 Å². The summed E-state index contributed by atoms with van der Waals surface area (Å²) in [6.45, 7) is 3.48. The summed E-state index contributed by atoms with van der Waals surface area (Å²) in [5.41, 5.74) is 10.4. The molecule has 5 heteroatoms. The molecule has 2 atom stereocenters. The van der Waals surface area contributed by atoms with Crippen molar-refractivity contribution in [3.63, 3.8) is 0 Å². The van der Waals surface area contributed by atoms with Gasteiger partial charge in [-0.05, 0) is 73.4 Å². The minimum atomic E-state index is -0.537. The first kappa shape index (κ1) is 27.1. The topological polar surface area (TPSA) is 79.3 Å². The maximum Gasteiger partial charge on any atom is 0.254 e. The smallest absolute Gasteiger partial charge is 0.254 e. The summed E-state index contributed by atoms with van der Waals surface area (Å²) in [6, 6.07) is 29.2. The predicted molar refractivity (Wildman–Crippen MR) is 154 cm³/mol. The Hall–Kier alpha value is -3.46. The molecule has 3 aromatic carbocycles. The van der Waals surface area contributed by atoms with Crippen LogP contribution in [-0.2, 0) is 23.2 Å². The van der Waals surface area contributed by atoms with Gasteiger partial charge in [0.1, 0.15) is 0 Å². The number of rotatable bonds is 9. The fourth-order valence-electron chi connectivity index (χ4n) is 6.33. The first-order chi connectivity index (χ1) is 18.9. The van der Waals surface area contributed by atoms with Crippen LogP contribution in [0.4, 0.5) is 0 Å². The van der Waals surface area contributed by atoms with Crippen LogP contribution in [0.2, 0.25) is 0 Å². The molecule has 0 aromatic heterocycles. The molecule has 0 spiro atoms. The van der Waals surface area contributed by atoms with E-state index in [4.69, 9.17) is 10.5 Å². The number of likely N-dealkylation sites (tertiary alicyclic amines) is 1. The van der Waals surface area contributed by atoms with Gasteiger partial charge in [0.05, 0.1) is 30.7 Å². The van der Waals surface area contributed by atoms with Crippen LogP contribution < -0.4 is 5.73 Å². The average Bonchev–Trinajstić information content (AvgIpc) is 3.64. The molecule has 1 aliphatic carbocycles. The van der Waals surface area contributed by atoms with E-state index in [1.54, 1.807) is 0 Å². The molecule has 2 aliphatic rings. The average molecular weight is 522 g/mol. The second kappa shape index (κ2) is 11.7. The van der Waals surface area contributed by atoms with E-state index in [1.165, 1.54) is 11.1 Å². The van der Waals surface area contributed by atoms with Crippen LogP contribution in [-0.4, -0.2) is 29.5 Å². The second-order valence-electron chi connectivity index (χ2n) is 11.7. The van der Waals surface area contributed by atoms with Crippen molar-refractivity contribution >= 4 is 5.91 Å². The molecule has 1 amide bonds. The van der Waals surface area contributed by atoms with Crippen molar-refractivity contribution in [1.29, 1.82) is 5.26 Å². The Morgan fingerprint density at radius 2 is 1.72 bits per heavy atom. The summed E-state index contributed by atoms with van der Waals surface area (Å²) < 4.78 is 6.16. The van der Waals surface area contributed by atoms with Gasteiger partial charge in [-0.15, -0.1) is 0 Å². The lowest BCUT2D eigenvalue weighted by Crippen LogP contribution is -2.43. The zero-order chi connectivity index (χ0) is 27.3. The number of carbonyl (C=O) groups is 1. The monoisotopic (exact) mass is 521 g/mol. The number of ether oxygens (including phenoxy) is 1. The van der Waals surface area contributed by atoms with E-state index in [-0.39, 0.29) is 11.9 Å². The highest BCUT2D eigenvalue weighted by atomic mass is 16.5. The Kier molecular flexibility index (Phi) is 8.16. The third-order valence-electron chi connectivity index (χ3n) is 8.31. The van der Waals surface area contributed by atoms with Crippen molar-refractivity contribution < 1.29 is 9.53 Å². The summed E-state index contributed by atoms with van der Waals surface area (Å²) >= 11 is 0. The number of benzene rings is 3. The Labute approximate surface area is 232 Å². The van der Waals surface area contributed by atoms with Gasteiger partial charge in [-0.1, -0.05) is 79.6 Å². The quantitative estimate of drug-likeness (QED) is 0.350. The van der Waals surface area contributed by atoms with Crippen molar-refractivity contribution in [2.75, 3.05) is 13.2 Å². The van der Waals surface area contributed by atoms with E-state index in [1.807, 2.05) is 60.4 Å². The van der Waals surface area contributed by atoms with E-state index in [2.05, 4.69) is 36.4 Å². The zero-order valence-corrected chi connectivity index (χ0v) is 22.9. The molecular formula is C34H39N3O2. The van der Waals surface area contributed by atoms with Crippen LogP contribution in [0.25, 0.3) is 0 Å². The Morgan fingerprint density at radius 3 is 2.41 bits per heavy atom. The number of nitrogens with two attached hydrogens (primary N) is 1. The number of nitrogens with zero attached hydrogens (tertiary/aromatic N) is 2. The molecule has 1 saturated carbocycles. The third kappa shape index (κ3) is 6.24. The summed E-state index contributed by atoms with van der Waals surface area (Å²) in [4.78, 5) is 16.0. The van der Waals surface area contributed by atoms with E-state index in [0.29, 0.717) is 25.2 Å². The second-order valence-corrected chi connectivity index (χ2v) is 11.7. The molecular weight excluding hydrogens is 482 g/mol. The van der Waals surface area contributed by atoms with Crippen molar-refractivity contribution in [2.24, 2.45) is 5.73 Å². The fraction of sp³-hybridized carbons (Fsp3) is 0.412. The first-order valence-corrected chi connectivity index (χ1v) is 14.2. The van der Waals surface area contributed by atoms with Gasteiger partial charge in [0.2, 0.25) is 0 Å². The predicted octanol–water partition coefficient (Wildman–Crippen LogP) is 6.48. The molecule has 39 heavy (non-hydrogen) atoms. The third-order valence-corrected chi connectivity index (χ3v) is 8.31. The summed E-state index contributed by atoms with van der Waals surface area (Å²) in [7, 11) is 0. The maximum atomic E-state index is 14.0. The van der Waals surface area contributed by atoms with Crippen LogP contribution in [0.15, 0.2) is 78.9 Å². The maximum absolute atomic E-state index is 14.0. The van der Waals surface area contributed by atoms with Crippen LogP contribution in [0.5, 0.6) is 0 Å². The first-order valence-electron chi connectivity index (χ1n) is 14.2. The molecule has 0 radical (unpaired) electrons. The van der Waals surface area contributed by atoms with Crippen LogP contribution in [0.1, 0.15) is 84.1 Å². The fourth-order valence-corrected chi connectivity index (χ4v) is 6.33. The Bertz CT molecular complexity index is 1310. The zero-order valence-electron chi connectivity index (χ0n) is 22.9. The van der Waals surface area contributed by atoms with Crippen molar-refractivity contribution in [3.05, 3.63) is 107 Å². The van der Waals surface area contributed by atoms with E-state index >= 15 is 0 Å². The molecule has 5 nitrogen and oxygen atoms in total. The summed E-state index contributed by atoms with van der Waals surface area (Å²) in [5, 5.41) is 10.2. The van der Waals surface area contributed by atoms with Crippen molar-refractivity contribution in [2.45, 2.75) is 75.5 Å². The van der Waals surface area contributed by atoms with Gasteiger partial charge in [0.25, 0.3) is 5.91 Å². The highest BCUT2D eigenvalue weighted by molar-refractivity contribution is 5.95. The Morgan fingerprint density at radius 1 is 1.03 bits per heavy atom. The lowest BCUT2D eigenvalue weighted by molar-refractivity contribution is 0.0730. The van der Waals surface area contributed by atoms with Crippen LogP contribution in [0, 0.1) is 11.3 Å². The minimum absolute atomic E-state index is 0.0308. The number of nitriles is 1. The summed E-state index contributed by atoms with van der Waals surface area (Å²) in [5.74, 6) is 0.0308. The normalized spacial score (nSPS) is 19.9. The number of hydrogen-bond donors (Lipinski definition) is 1. The molecule has 202 valence electrons. The number of amides is 1. The van der Waals surface area contributed by atoms with Gasteiger partial charge < -0.3 is 15.4 Å². The van der Waals surface area contributed by atoms with Gasteiger partial charge in [-0.2, -0.15) is 5.26 Å². The van der Waals surface area contributed by atoms with Crippen molar-refractivity contribution in [1.82, 2.24) is 4.90 Å². The lowest BCUT2D eigenvalue weighted by atomic mass is 9.79. The number of carbonyl (C=O) groups excluding carboxylic acids is 1. The SMILES string of the molecule is CC(N)(COCc1cc(C(=O)N2CCCC2c2ccccc2)cc(C2(C#N)CCCC2)c1)Cc1ccccc1. The molecule has 3 aromatic rings. The number of hydrogen-bond acceptors (Lipinski definition) is 4. The molecule has 1 aliphatic heterocycles. The molecule has 5 rings (SSSR count).